The number of benzene rings is 2. The number of phenolic OH excluding ortho intramolecular Hbond substituents is 1. The van der Waals surface area contributed by atoms with E-state index < -0.39 is 71.5 Å². The summed E-state index contributed by atoms with van der Waals surface area (Å²) in [7, 11) is 0. The molecule has 13 heteroatoms. The Kier molecular flexibility index (Phi) is 17.4. The molecule has 2 rings (SSSR count). The summed E-state index contributed by atoms with van der Waals surface area (Å²) in [6.45, 7) is 4.11. The monoisotopic (exact) mass is 748 g/mol. The number of hydrogen-bond acceptors (Lipinski definition) is 5. The summed E-state index contributed by atoms with van der Waals surface area (Å²) in [5.74, 6) is -10.0. The first-order valence-electron chi connectivity index (χ1n) is 14.5. The Labute approximate surface area is 270 Å². The number of rotatable bonds is 19. The predicted molar refractivity (Wildman–Crippen MR) is 164 cm³/mol. The molecule has 44 heavy (non-hydrogen) atoms. The molecule has 0 saturated heterocycles. The van der Waals surface area contributed by atoms with Gasteiger partial charge in [0.05, 0.1) is 0 Å². The third-order valence-corrected chi connectivity index (χ3v) is 9.14. The predicted octanol–water partition coefficient (Wildman–Crippen LogP) is 8.04. The third kappa shape index (κ3) is 12.1. The summed E-state index contributed by atoms with van der Waals surface area (Å²) in [6.07, 6.45) is 17.0. The van der Waals surface area contributed by atoms with Gasteiger partial charge in [-0.1, -0.05) is 31.6 Å². The summed E-state index contributed by atoms with van der Waals surface area (Å²) in [5.41, 5.74) is -1.97. The summed E-state index contributed by atoms with van der Waals surface area (Å²) in [5, 5.41) is 14.4. The zero-order chi connectivity index (χ0) is 32.5. The number of hydrogen-bond donors (Lipinski definition) is 3. The Hall–Kier alpha value is -2.61. The van der Waals surface area contributed by atoms with E-state index in [2.05, 4.69) is 12.2 Å². The molecule has 0 saturated carbocycles. The fraction of sp³-hybridized carbons (Fsp3) is 0.419. The van der Waals surface area contributed by atoms with Crippen molar-refractivity contribution in [2.45, 2.75) is 78.1 Å². The Morgan fingerprint density at radius 3 is 2.05 bits per heavy atom. The van der Waals surface area contributed by atoms with E-state index in [9.17, 15) is 32.3 Å². The average molecular weight is 748 g/mol. The molecule has 2 aromatic carbocycles. The fourth-order valence-corrected chi connectivity index (χ4v) is 6.05. The number of phenols is 1. The minimum atomic E-state index is -2.71. The van der Waals surface area contributed by atoms with Gasteiger partial charge in [-0.05, 0) is 6.92 Å². The van der Waals surface area contributed by atoms with Crippen LogP contribution in [0, 0.1) is 23.3 Å². The van der Waals surface area contributed by atoms with Crippen LogP contribution in [0.2, 0.25) is 5.02 Å². The van der Waals surface area contributed by atoms with Crippen molar-refractivity contribution in [2.24, 2.45) is 0 Å². The van der Waals surface area contributed by atoms with Crippen LogP contribution in [0.1, 0.15) is 88.4 Å². The normalized spacial score (nSPS) is 11.5. The molecule has 0 bridgehead atoms. The summed E-state index contributed by atoms with van der Waals surface area (Å²) in [6, 6.07) is 1.97. The van der Waals surface area contributed by atoms with Crippen molar-refractivity contribution in [3.8, 4) is 5.75 Å². The second kappa shape index (κ2) is 20.4. The molecule has 2 radical (unpaired) electrons. The van der Waals surface area contributed by atoms with Crippen LogP contribution in [0.4, 0.5) is 28.9 Å². The molecular formula is C31H37ClF4N2O5Sn. The second-order valence-corrected chi connectivity index (χ2v) is 12.8. The number of halogens is 5. The van der Waals surface area contributed by atoms with Gasteiger partial charge in [0.15, 0.2) is 0 Å². The zero-order valence-corrected chi connectivity index (χ0v) is 28.3. The first-order chi connectivity index (χ1) is 21.1. The SMILES string of the molecule is C/C=C/C=C/C(=O)Nc1cc(Cl)c(NC(=O)c2c(F)c(F)[c]([Sn][O]OCCCCCCCCCCCC)c(F)c2F)cc1O. The van der Waals surface area contributed by atoms with Gasteiger partial charge < -0.3 is 0 Å². The van der Waals surface area contributed by atoms with Gasteiger partial charge in [0.2, 0.25) is 0 Å². The number of allylic oxidation sites excluding steroid dienone is 3. The van der Waals surface area contributed by atoms with E-state index >= 15 is 0 Å². The van der Waals surface area contributed by atoms with Crippen molar-refractivity contribution >= 4 is 59.9 Å². The molecule has 3 N–H and O–H groups in total. The molecule has 0 fully saturated rings. The van der Waals surface area contributed by atoms with E-state index in [0.717, 1.165) is 31.4 Å². The molecule has 0 heterocycles. The fourth-order valence-electron chi connectivity index (χ4n) is 4.05. The van der Waals surface area contributed by atoms with Crippen LogP contribution >= 0.6 is 11.6 Å². The van der Waals surface area contributed by atoms with Crippen molar-refractivity contribution in [2.75, 3.05) is 17.2 Å². The number of aromatic hydroxyl groups is 1. The van der Waals surface area contributed by atoms with E-state index in [0.29, 0.717) is 6.42 Å². The van der Waals surface area contributed by atoms with Crippen LogP contribution in [0.5, 0.6) is 5.75 Å². The molecule has 0 aliphatic heterocycles. The van der Waals surface area contributed by atoms with Gasteiger partial charge in [-0.15, -0.1) is 0 Å². The standard InChI is InChI=1S/C19H12ClF4N2O3.C12H26O2.Sn/c1-2-3-4-5-15(28)25-13-6-9(20)12(8-14(13)27)26-19(29)16-17(23)10(21)7-11(22)18(16)24;1-2-3-4-5-6-7-8-9-10-11-12-14-13;/h2-6,8,27H,1H3,(H,25,28)(H,26,29);13H,2-12H2,1H3;/q;;+1/p-1/b3-2+,5-4+;;. The van der Waals surface area contributed by atoms with E-state index in [4.69, 9.17) is 19.7 Å². The molecule has 0 atom stereocenters. The second-order valence-electron chi connectivity index (χ2n) is 9.87. The van der Waals surface area contributed by atoms with E-state index in [-0.39, 0.29) is 23.0 Å². The number of amides is 2. The average Bonchev–Trinajstić information content (AvgIpc) is 2.98. The number of carbonyl (C=O) groups excluding carboxylic acids is 2. The first-order valence-corrected chi connectivity index (χ1v) is 17.4. The molecular weight excluding hydrogens is 711 g/mol. The van der Waals surface area contributed by atoms with Crippen LogP contribution < -0.4 is 14.2 Å². The zero-order valence-electron chi connectivity index (χ0n) is 24.7. The third-order valence-electron chi connectivity index (χ3n) is 6.42. The van der Waals surface area contributed by atoms with Crippen LogP contribution in [0.25, 0.3) is 0 Å². The van der Waals surface area contributed by atoms with Crippen LogP contribution in [-0.4, -0.2) is 45.1 Å². The van der Waals surface area contributed by atoms with Crippen molar-refractivity contribution < 1.29 is 40.4 Å². The van der Waals surface area contributed by atoms with Gasteiger partial charge in [-0.2, -0.15) is 0 Å². The topological polar surface area (TPSA) is 96.9 Å². The van der Waals surface area contributed by atoms with Crippen LogP contribution in [-0.2, 0) is 12.9 Å². The maximum absolute atomic E-state index is 14.8. The summed E-state index contributed by atoms with van der Waals surface area (Å²) < 4.78 is 63.0. The summed E-state index contributed by atoms with van der Waals surface area (Å²) in [4.78, 5) is 29.6. The molecule has 240 valence electrons. The molecule has 0 aliphatic carbocycles. The quantitative estimate of drug-likeness (QED) is 0.0156. The summed E-state index contributed by atoms with van der Waals surface area (Å²) >= 11 is 3.38. The first kappa shape index (κ1) is 37.6. The van der Waals surface area contributed by atoms with Gasteiger partial charge in [0, 0.05) is 6.08 Å². The van der Waals surface area contributed by atoms with Gasteiger partial charge in [0.1, 0.15) is 0 Å². The molecule has 7 nitrogen and oxygen atoms in total. The van der Waals surface area contributed by atoms with Crippen LogP contribution in [0.15, 0.2) is 36.4 Å². The number of nitrogens with one attached hydrogen (secondary N) is 2. The maximum atomic E-state index is 14.8. The molecule has 0 unspecified atom stereocenters. The minimum absolute atomic E-state index is 0.122. The molecule has 2 amide bonds. The van der Waals surface area contributed by atoms with Crippen LogP contribution in [0.3, 0.4) is 0 Å². The number of carbonyl (C=O) groups is 2. The number of unbranched alkanes of at least 4 members (excludes halogenated alkanes) is 9. The van der Waals surface area contributed by atoms with Gasteiger partial charge >= 0.3 is 222 Å². The molecule has 2 aromatic rings. The van der Waals surface area contributed by atoms with E-state index in [1.165, 1.54) is 50.7 Å². The van der Waals surface area contributed by atoms with Crippen molar-refractivity contribution in [1.82, 2.24) is 0 Å². The van der Waals surface area contributed by atoms with Crippen molar-refractivity contribution in [3.63, 3.8) is 0 Å². The molecule has 0 spiro atoms. The van der Waals surface area contributed by atoms with Gasteiger partial charge in [0.25, 0.3) is 0 Å². The van der Waals surface area contributed by atoms with Gasteiger partial charge in [-0.25, -0.2) is 0 Å². The molecule has 0 aliphatic rings. The Balaban J connectivity index is 1.93. The van der Waals surface area contributed by atoms with Crippen molar-refractivity contribution in [1.29, 1.82) is 0 Å². The van der Waals surface area contributed by atoms with Crippen molar-refractivity contribution in [3.05, 3.63) is 70.3 Å². The van der Waals surface area contributed by atoms with E-state index in [1.54, 1.807) is 19.1 Å². The Bertz CT molecular complexity index is 1300. The molecule has 0 aromatic heterocycles. The number of anilines is 2. The Morgan fingerprint density at radius 1 is 0.864 bits per heavy atom. The van der Waals surface area contributed by atoms with Gasteiger partial charge in [-0.3, -0.25) is 4.79 Å². The Morgan fingerprint density at radius 2 is 1.45 bits per heavy atom. The van der Waals surface area contributed by atoms with E-state index in [1.807, 2.05) is 5.32 Å².